The van der Waals surface area contributed by atoms with Crippen LogP contribution in [0.15, 0.2) is 53.0 Å². The average molecular weight is 357 g/mol. The number of anilines is 1. The number of hydrogen-bond acceptors (Lipinski definition) is 3. The molecule has 0 fully saturated rings. The lowest BCUT2D eigenvalue weighted by Gasteiger charge is -2.15. The van der Waals surface area contributed by atoms with Gasteiger partial charge in [0.05, 0.1) is 0 Å². The molecule has 3 nitrogen and oxygen atoms in total. The molecule has 2 rings (SSSR count). The molecular formula is C15H15BrClNO2. The van der Waals surface area contributed by atoms with Crippen LogP contribution in [0.4, 0.5) is 5.69 Å². The van der Waals surface area contributed by atoms with Gasteiger partial charge in [-0.05, 0) is 46.3 Å². The third-order valence-electron chi connectivity index (χ3n) is 2.64. The molecule has 106 valence electrons. The maximum Gasteiger partial charge on any atom is 0.119 e. The Morgan fingerprint density at radius 1 is 1.20 bits per heavy atom. The third-order valence-corrected chi connectivity index (χ3v) is 3.57. The summed E-state index contributed by atoms with van der Waals surface area (Å²) >= 11 is 9.35. The van der Waals surface area contributed by atoms with Crippen LogP contribution in [0.5, 0.6) is 5.75 Å². The fraction of sp³-hybridized carbons (Fsp3) is 0.200. The van der Waals surface area contributed by atoms with E-state index < -0.39 is 6.10 Å². The lowest BCUT2D eigenvalue weighted by atomic mass is 10.3. The molecule has 1 unspecified atom stereocenters. The standard InChI is InChI=1S/C15H15BrClNO2/c16-14-7-6-11(17)8-15(14)18-9-12(19)10-20-13-4-2-1-3-5-13/h1-8,12,18-19H,9-10H2. The first-order valence-corrected chi connectivity index (χ1v) is 7.37. The van der Waals surface area contributed by atoms with Gasteiger partial charge < -0.3 is 15.2 Å². The van der Waals surface area contributed by atoms with Crippen LogP contribution in [0.25, 0.3) is 0 Å². The second kappa shape index (κ2) is 7.53. The summed E-state index contributed by atoms with van der Waals surface area (Å²) in [5, 5.41) is 13.7. The minimum Gasteiger partial charge on any atom is -0.491 e. The smallest absolute Gasteiger partial charge is 0.119 e. The molecule has 0 saturated carbocycles. The summed E-state index contributed by atoms with van der Waals surface area (Å²) in [5.41, 5.74) is 0.844. The van der Waals surface area contributed by atoms with Crippen molar-refractivity contribution in [2.24, 2.45) is 0 Å². The van der Waals surface area contributed by atoms with E-state index in [9.17, 15) is 5.11 Å². The molecule has 2 N–H and O–H groups in total. The van der Waals surface area contributed by atoms with Crippen molar-refractivity contribution in [1.29, 1.82) is 0 Å². The maximum absolute atomic E-state index is 9.90. The number of halogens is 2. The Kier molecular flexibility index (Phi) is 5.71. The van der Waals surface area contributed by atoms with E-state index in [-0.39, 0.29) is 6.61 Å². The summed E-state index contributed by atoms with van der Waals surface area (Å²) in [7, 11) is 0. The highest BCUT2D eigenvalue weighted by atomic mass is 79.9. The third kappa shape index (κ3) is 4.71. The van der Waals surface area contributed by atoms with Crippen molar-refractivity contribution in [3.8, 4) is 5.75 Å². The van der Waals surface area contributed by atoms with Crippen molar-refractivity contribution in [3.05, 3.63) is 58.0 Å². The SMILES string of the molecule is OC(CNc1cc(Cl)ccc1Br)COc1ccccc1. The molecule has 0 aromatic heterocycles. The Morgan fingerprint density at radius 2 is 1.95 bits per heavy atom. The van der Waals surface area contributed by atoms with Crippen LogP contribution in [0.3, 0.4) is 0 Å². The van der Waals surface area contributed by atoms with E-state index in [2.05, 4.69) is 21.2 Å². The van der Waals surface area contributed by atoms with Gasteiger partial charge in [-0.2, -0.15) is 0 Å². The summed E-state index contributed by atoms with van der Waals surface area (Å²) in [5.74, 6) is 0.746. The van der Waals surface area contributed by atoms with E-state index in [0.29, 0.717) is 11.6 Å². The van der Waals surface area contributed by atoms with Gasteiger partial charge in [-0.3, -0.25) is 0 Å². The maximum atomic E-state index is 9.90. The fourth-order valence-electron chi connectivity index (χ4n) is 1.63. The zero-order valence-electron chi connectivity index (χ0n) is 10.7. The summed E-state index contributed by atoms with van der Waals surface area (Å²) in [6, 6.07) is 14.9. The van der Waals surface area contributed by atoms with Crippen LogP contribution in [0.2, 0.25) is 5.02 Å². The Morgan fingerprint density at radius 3 is 2.70 bits per heavy atom. The molecule has 5 heteroatoms. The van der Waals surface area contributed by atoms with Crippen LogP contribution in [-0.2, 0) is 0 Å². The highest BCUT2D eigenvalue weighted by Gasteiger charge is 2.07. The monoisotopic (exact) mass is 355 g/mol. The number of benzene rings is 2. The van der Waals surface area contributed by atoms with Crippen LogP contribution < -0.4 is 10.1 Å². The Bertz CT molecular complexity index is 551. The fourth-order valence-corrected chi connectivity index (χ4v) is 2.19. The largest absolute Gasteiger partial charge is 0.491 e. The summed E-state index contributed by atoms with van der Waals surface area (Å²) in [6.07, 6.45) is -0.610. The van der Waals surface area contributed by atoms with Gasteiger partial charge in [-0.1, -0.05) is 29.8 Å². The van der Waals surface area contributed by atoms with Crippen molar-refractivity contribution in [2.75, 3.05) is 18.5 Å². The Labute approximate surface area is 131 Å². The van der Waals surface area contributed by atoms with E-state index in [1.807, 2.05) is 36.4 Å². The molecular weight excluding hydrogens is 342 g/mol. The number of ether oxygens (including phenoxy) is 1. The van der Waals surface area contributed by atoms with Crippen molar-refractivity contribution < 1.29 is 9.84 Å². The second-order valence-corrected chi connectivity index (χ2v) is 5.57. The van der Waals surface area contributed by atoms with Gasteiger partial charge in [0, 0.05) is 21.7 Å². The molecule has 1 atom stereocenters. The van der Waals surface area contributed by atoms with Crippen LogP contribution in [-0.4, -0.2) is 24.4 Å². The first kappa shape index (κ1) is 15.2. The number of nitrogens with one attached hydrogen (secondary N) is 1. The van der Waals surface area contributed by atoms with Crippen molar-refractivity contribution in [1.82, 2.24) is 0 Å². The summed E-state index contributed by atoms with van der Waals surface area (Å²) in [6.45, 7) is 0.612. The quantitative estimate of drug-likeness (QED) is 0.823. The number of rotatable bonds is 6. The number of hydrogen-bond donors (Lipinski definition) is 2. The van der Waals surface area contributed by atoms with E-state index in [1.54, 1.807) is 12.1 Å². The molecule has 20 heavy (non-hydrogen) atoms. The van der Waals surface area contributed by atoms with Gasteiger partial charge in [-0.25, -0.2) is 0 Å². The number of para-hydroxylation sites is 1. The molecule has 0 spiro atoms. The second-order valence-electron chi connectivity index (χ2n) is 4.28. The lowest BCUT2D eigenvalue weighted by molar-refractivity contribution is 0.117. The van der Waals surface area contributed by atoms with Crippen LogP contribution >= 0.6 is 27.5 Å². The van der Waals surface area contributed by atoms with Gasteiger partial charge in [0.15, 0.2) is 0 Å². The zero-order chi connectivity index (χ0) is 14.4. The normalized spacial score (nSPS) is 11.9. The molecule has 0 amide bonds. The van der Waals surface area contributed by atoms with Crippen molar-refractivity contribution in [2.45, 2.75) is 6.10 Å². The van der Waals surface area contributed by atoms with Gasteiger partial charge in [-0.15, -0.1) is 0 Å². The summed E-state index contributed by atoms with van der Waals surface area (Å²) < 4.78 is 6.38. The molecule has 2 aromatic rings. The zero-order valence-corrected chi connectivity index (χ0v) is 13.1. The lowest BCUT2D eigenvalue weighted by Crippen LogP contribution is -2.26. The van der Waals surface area contributed by atoms with Crippen molar-refractivity contribution in [3.63, 3.8) is 0 Å². The molecule has 0 saturated heterocycles. The highest BCUT2D eigenvalue weighted by Crippen LogP contribution is 2.25. The summed E-state index contributed by atoms with van der Waals surface area (Å²) in [4.78, 5) is 0. The molecule has 0 aliphatic carbocycles. The predicted octanol–water partition coefficient (Wildman–Crippen LogP) is 3.95. The molecule has 0 bridgehead atoms. The first-order chi connectivity index (χ1) is 9.65. The predicted molar refractivity (Wildman–Crippen MR) is 85.6 cm³/mol. The number of aliphatic hydroxyl groups excluding tert-OH is 1. The van der Waals surface area contributed by atoms with E-state index in [1.165, 1.54) is 0 Å². The molecule has 0 heterocycles. The molecule has 0 aliphatic heterocycles. The molecule has 2 aromatic carbocycles. The highest BCUT2D eigenvalue weighted by molar-refractivity contribution is 9.10. The Hall–Kier alpha value is -1.23. The minimum atomic E-state index is -0.610. The van der Waals surface area contributed by atoms with Gasteiger partial charge in [0.25, 0.3) is 0 Å². The first-order valence-electron chi connectivity index (χ1n) is 6.20. The van der Waals surface area contributed by atoms with Gasteiger partial charge >= 0.3 is 0 Å². The van der Waals surface area contributed by atoms with Gasteiger partial charge in [0.1, 0.15) is 18.5 Å². The van der Waals surface area contributed by atoms with Gasteiger partial charge in [0.2, 0.25) is 0 Å². The van der Waals surface area contributed by atoms with E-state index in [0.717, 1.165) is 15.9 Å². The van der Waals surface area contributed by atoms with Crippen molar-refractivity contribution >= 4 is 33.2 Å². The van der Waals surface area contributed by atoms with E-state index in [4.69, 9.17) is 16.3 Å². The molecule has 0 aliphatic rings. The van der Waals surface area contributed by atoms with Crippen LogP contribution in [0.1, 0.15) is 0 Å². The minimum absolute atomic E-state index is 0.231. The van der Waals surface area contributed by atoms with Crippen LogP contribution in [0, 0.1) is 0 Å². The van der Waals surface area contributed by atoms with E-state index >= 15 is 0 Å². The topological polar surface area (TPSA) is 41.5 Å². The Balaban J connectivity index is 1.80. The molecule has 0 radical (unpaired) electrons. The number of aliphatic hydroxyl groups is 1. The average Bonchev–Trinajstić information content (AvgIpc) is 2.47.